The highest BCUT2D eigenvalue weighted by molar-refractivity contribution is 6.66. The number of halogens is 1. The number of benzene rings is 1. The fraction of sp³-hybridized carbons (Fsp3) is 0.529. The van der Waals surface area contributed by atoms with Gasteiger partial charge in [0.2, 0.25) is 0 Å². The van der Waals surface area contributed by atoms with Gasteiger partial charge in [0, 0.05) is 13.7 Å². The summed E-state index contributed by atoms with van der Waals surface area (Å²) in [6.07, 6.45) is 4.60. The summed E-state index contributed by atoms with van der Waals surface area (Å²) >= 11 is 0. The largest absolute Gasteiger partial charge is 0.398 e. The Bertz CT molecular complexity index is 422. The standard InChI is InChI=1S/C17H30N2O2Si.ClH/c1-4-19-13-8-14-22(3,20-2)21-17(11-12-18)15-16-9-6-5-7-10-16;/h4-7,9-10,17,19H,1,8,11-15,18H2,2-3H3;1H. The van der Waals surface area contributed by atoms with Crippen molar-refractivity contribution in [3.63, 3.8) is 0 Å². The molecule has 1 aromatic carbocycles. The van der Waals surface area contributed by atoms with Gasteiger partial charge in [-0.2, -0.15) is 0 Å². The third-order valence-electron chi connectivity index (χ3n) is 3.74. The third kappa shape index (κ3) is 9.13. The van der Waals surface area contributed by atoms with Crippen LogP contribution >= 0.6 is 12.4 Å². The van der Waals surface area contributed by atoms with Crippen molar-refractivity contribution in [2.45, 2.75) is 38.0 Å². The van der Waals surface area contributed by atoms with Crippen LogP contribution in [0.5, 0.6) is 0 Å². The predicted molar refractivity (Wildman–Crippen MR) is 102 cm³/mol. The van der Waals surface area contributed by atoms with Crippen LogP contribution in [-0.4, -0.2) is 34.9 Å². The highest BCUT2D eigenvalue weighted by atomic mass is 35.5. The summed E-state index contributed by atoms with van der Waals surface area (Å²) in [6.45, 7) is 7.32. The third-order valence-corrected chi connectivity index (χ3v) is 6.70. The minimum atomic E-state index is -2.16. The Morgan fingerprint density at radius 2 is 2.04 bits per heavy atom. The smallest absolute Gasteiger partial charge is 0.334 e. The fourth-order valence-electron chi connectivity index (χ4n) is 2.44. The topological polar surface area (TPSA) is 56.5 Å². The van der Waals surface area contributed by atoms with Crippen molar-refractivity contribution in [1.29, 1.82) is 0 Å². The molecule has 2 unspecified atom stereocenters. The second-order valence-corrected chi connectivity index (χ2v) is 9.02. The summed E-state index contributed by atoms with van der Waals surface area (Å²) in [6, 6.07) is 11.4. The molecule has 1 rings (SSSR count). The van der Waals surface area contributed by atoms with Crippen LogP contribution in [0, 0.1) is 0 Å². The van der Waals surface area contributed by atoms with Crippen LogP contribution in [0.4, 0.5) is 0 Å². The number of nitrogens with one attached hydrogen (secondary N) is 1. The Hall–Kier alpha value is -0.853. The summed E-state index contributed by atoms with van der Waals surface area (Å²) in [5, 5.41) is 3.12. The fourth-order valence-corrected chi connectivity index (χ4v) is 4.58. The Kier molecular flexibility index (Phi) is 12.1. The van der Waals surface area contributed by atoms with Gasteiger partial charge < -0.3 is 19.9 Å². The second-order valence-electron chi connectivity index (χ2n) is 5.61. The lowest BCUT2D eigenvalue weighted by atomic mass is 10.1. The molecule has 0 aliphatic carbocycles. The van der Waals surface area contributed by atoms with E-state index in [1.165, 1.54) is 5.56 Å². The molecule has 0 aliphatic heterocycles. The second kappa shape index (κ2) is 12.6. The molecule has 2 atom stereocenters. The van der Waals surface area contributed by atoms with Gasteiger partial charge in [-0.1, -0.05) is 36.9 Å². The van der Waals surface area contributed by atoms with Gasteiger partial charge >= 0.3 is 8.56 Å². The average molecular weight is 359 g/mol. The molecule has 0 aromatic heterocycles. The summed E-state index contributed by atoms with van der Waals surface area (Å²) in [4.78, 5) is 0. The number of rotatable bonds is 12. The van der Waals surface area contributed by atoms with Gasteiger partial charge in [-0.05, 0) is 50.2 Å². The lowest BCUT2D eigenvalue weighted by Gasteiger charge is -2.30. The molecule has 0 heterocycles. The molecule has 0 aliphatic rings. The Labute approximate surface area is 148 Å². The summed E-state index contributed by atoms with van der Waals surface area (Å²) in [7, 11) is -0.398. The lowest BCUT2D eigenvalue weighted by molar-refractivity contribution is 0.126. The van der Waals surface area contributed by atoms with Crippen LogP contribution in [0.15, 0.2) is 43.1 Å². The zero-order valence-corrected chi connectivity index (χ0v) is 16.1. The van der Waals surface area contributed by atoms with Crippen molar-refractivity contribution >= 4 is 21.0 Å². The Balaban J connectivity index is 0.00000484. The van der Waals surface area contributed by atoms with E-state index in [0.717, 1.165) is 31.9 Å². The van der Waals surface area contributed by atoms with Gasteiger partial charge in [0.1, 0.15) is 0 Å². The molecule has 0 spiro atoms. The molecule has 0 radical (unpaired) electrons. The quantitative estimate of drug-likeness (QED) is 0.445. The minimum Gasteiger partial charge on any atom is -0.398 e. The van der Waals surface area contributed by atoms with Gasteiger partial charge in [-0.25, -0.2) is 0 Å². The maximum atomic E-state index is 6.39. The van der Waals surface area contributed by atoms with Crippen LogP contribution in [0.25, 0.3) is 0 Å². The van der Waals surface area contributed by atoms with E-state index in [1.54, 1.807) is 13.3 Å². The van der Waals surface area contributed by atoms with E-state index in [0.29, 0.717) is 6.54 Å². The molecule has 1 aromatic rings. The minimum absolute atomic E-state index is 0. The van der Waals surface area contributed by atoms with Crippen molar-refractivity contribution in [2.24, 2.45) is 5.73 Å². The van der Waals surface area contributed by atoms with Gasteiger partial charge in [-0.15, -0.1) is 12.4 Å². The molecular weight excluding hydrogens is 328 g/mol. The van der Waals surface area contributed by atoms with Crippen molar-refractivity contribution in [1.82, 2.24) is 5.32 Å². The molecule has 0 bridgehead atoms. The van der Waals surface area contributed by atoms with Crippen LogP contribution in [0.2, 0.25) is 12.6 Å². The number of nitrogens with two attached hydrogens (primary N) is 1. The molecular formula is C17H31ClN2O2Si. The molecule has 0 amide bonds. The number of hydrogen-bond donors (Lipinski definition) is 2. The van der Waals surface area contributed by atoms with Gasteiger partial charge in [-0.3, -0.25) is 0 Å². The zero-order chi connectivity index (χ0) is 16.3. The van der Waals surface area contributed by atoms with Gasteiger partial charge in [0.25, 0.3) is 0 Å². The molecule has 0 saturated heterocycles. The van der Waals surface area contributed by atoms with Crippen molar-refractivity contribution in [3.8, 4) is 0 Å². The average Bonchev–Trinajstić information content (AvgIpc) is 2.53. The zero-order valence-electron chi connectivity index (χ0n) is 14.3. The first-order chi connectivity index (χ1) is 10.6. The molecule has 132 valence electrons. The van der Waals surface area contributed by atoms with Crippen LogP contribution in [0.3, 0.4) is 0 Å². The van der Waals surface area contributed by atoms with E-state index in [2.05, 4.69) is 42.7 Å². The maximum Gasteiger partial charge on any atom is 0.334 e. The van der Waals surface area contributed by atoms with E-state index in [9.17, 15) is 0 Å². The summed E-state index contributed by atoms with van der Waals surface area (Å²) in [5.74, 6) is 0. The van der Waals surface area contributed by atoms with E-state index < -0.39 is 8.56 Å². The van der Waals surface area contributed by atoms with E-state index in [1.807, 2.05) is 6.07 Å². The van der Waals surface area contributed by atoms with Crippen molar-refractivity contribution in [2.75, 3.05) is 20.2 Å². The van der Waals surface area contributed by atoms with Crippen LogP contribution in [-0.2, 0) is 15.3 Å². The van der Waals surface area contributed by atoms with E-state index >= 15 is 0 Å². The van der Waals surface area contributed by atoms with Crippen molar-refractivity contribution < 1.29 is 8.85 Å². The van der Waals surface area contributed by atoms with Gasteiger partial charge in [0.05, 0.1) is 6.10 Å². The monoisotopic (exact) mass is 358 g/mol. The van der Waals surface area contributed by atoms with Crippen LogP contribution in [0.1, 0.15) is 18.4 Å². The molecule has 0 saturated carbocycles. The lowest BCUT2D eigenvalue weighted by Crippen LogP contribution is -2.42. The predicted octanol–water partition coefficient (Wildman–Crippen LogP) is 3.23. The SMILES string of the molecule is C=CNCCC[Si](C)(OC)OC(CCN)Cc1ccccc1.Cl. The maximum absolute atomic E-state index is 6.39. The molecule has 3 N–H and O–H groups in total. The normalized spacial score (nSPS) is 14.4. The first-order valence-corrected chi connectivity index (χ1v) is 10.5. The molecule has 6 heteroatoms. The van der Waals surface area contributed by atoms with E-state index in [4.69, 9.17) is 14.6 Å². The summed E-state index contributed by atoms with van der Waals surface area (Å²) in [5.41, 5.74) is 7.04. The van der Waals surface area contributed by atoms with E-state index in [-0.39, 0.29) is 18.5 Å². The molecule has 4 nitrogen and oxygen atoms in total. The first kappa shape index (κ1) is 22.1. The van der Waals surface area contributed by atoms with Gasteiger partial charge in [0.15, 0.2) is 0 Å². The highest BCUT2D eigenvalue weighted by Crippen LogP contribution is 2.20. The molecule has 0 fully saturated rings. The Morgan fingerprint density at radius 3 is 2.61 bits per heavy atom. The van der Waals surface area contributed by atoms with Crippen LogP contribution < -0.4 is 11.1 Å². The molecule has 23 heavy (non-hydrogen) atoms. The Morgan fingerprint density at radius 1 is 1.35 bits per heavy atom. The van der Waals surface area contributed by atoms with Crippen molar-refractivity contribution in [3.05, 3.63) is 48.7 Å². The summed E-state index contributed by atoms with van der Waals surface area (Å²) < 4.78 is 12.1. The first-order valence-electron chi connectivity index (χ1n) is 7.95. The highest BCUT2D eigenvalue weighted by Gasteiger charge is 2.32. The number of hydrogen-bond acceptors (Lipinski definition) is 4.